The normalized spacial score (nSPS) is 11.1. The number of esters is 3. The summed E-state index contributed by atoms with van der Waals surface area (Å²) in [5.41, 5.74) is 15.0. The van der Waals surface area contributed by atoms with Gasteiger partial charge in [-0.1, -0.05) is 24.3 Å². The Morgan fingerprint density at radius 3 is 1.59 bits per heavy atom. The van der Waals surface area contributed by atoms with E-state index in [2.05, 4.69) is 12.1 Å². The third-order valence-electron chi connectivity index (χ3n) is 9.18. The van der Waals surface area contributed by atoms with Gasteiger partial charge in [-0.2, -0.15) is 10.5 Å². The van der Waals surface area contributed by atoms with E-state index in [4.69, 9.17) is 45.7 Å². The first kappa shape index (κ1) is 45.7. The molecular formula is C49H44N4O10. The van der Waals surface area contributed by atoms with Crippen LogP contribution in [0.25, 0.3) is 17.2 Å². The summed E-state index contributed by atoms with van der Waals surface area (Å²) in [6.07, 6.45) is 5.17. The van der Waals surface area contributed by atoms with Crippen LogP contribution in [-0.4, -0.2) is 48.8 Å². The highest BCUT2D eigenvalue weighted by atomic mass is 16.5. The minimum Gasteiger partial charge on any atom is -0.494 e. The first-order chi connectivity index (χ1) is 30.5. The Labute approximate surface area is 364 Å². The van der Waals surface area contributed by atoms with E-state index in [0.717, 1.165) is 0 Å². The number of carboxylic acid groups (broad SMARTS) is 1. The molecule has 14 heteroatoms. The molecule has 0 heterocycles. The fraction of sp³-hybridized carbons (Fsp3) is 0.184. The Balaban J connectivity index is 1.18. The van der Waals surface area contributed by atoms with Crippen molar-refractivity contribution in [3.05, 3.63) is 149 Å². The van der Waals surface area contributed by atoms with Gasteiger partial charge in [0.1, 0.15) is 23.0 Å². The van der Waals surface area contributed by atoms with Crippen molar-refractivity contribution in [2.45, 2.75) is 38.5 Å². The molecule has 0 fully saturated rings. The lowest BCUT2D eigenvalue weighted by Gasteiger charge is -2.16. The molecule has 0 spiro atoms. The van der Waals surface area contributed by atoms with Crippen LogP contribution in [0, 0.1) is 22.7 Å². The lowest BCUT2D eigenvalue weighted by atomic mass is 9.90. The van der Waals surface area contributed by atoms with Crippen LogP contribution in [0.15, 0.2) is 121 Å². The van der Waals surface area contributed by atoms with Crippen LogP contribution in [0.4, 0.5) is 11.4 Å². The molecule has 14 nitrogen and oxygen atoms in total. The molecule has 0 amide bonds. The minimum absolute atomic E-state index is 0.0423. The minimum atomic E-state index is -1.24. The van der Waals surface area contributed by atoms with Gasteiger partial charge in [-0.05, 0) is 139 Å². The summed E-state index contributed by atoms with van der Waals surface area (Å²) in [7, 11) is 0. The van der Waals surface area contributed by atoms with Gasteiger partial charge < -0.3 is 40.3 Å². The van der Waals surface area contributed by atoms with Gasteiger partial charge in [0.2, 0.25) is 0 Å². The number of allylic oxidation sites excluding steroid dienone is 1. The van der Waals surface area contributed by atoms with Crippen LogP contribution >= 0.6 is 0 Å². The van der Waals surface area contributed by atoms with E-state index in [0.29, 0.717) is 84.1 Å². The van der Waals surface area contributed by atoms with Gasteiger partial charge in [0.15, 0.2) is 0 Å². The number of carboxylic acids is 1. The fourth-order valence-electron chi connectivity index (χ4n) is 6.02. The number of anilines is 2. The molecule has 5 rings (SSSR count). The molecule has 0 bridgehead atoms. The lowest BCUT2D eigenvalue weighted by molar-refractivity contribution is -0.137. The predicted molar refractivity (Wildman–Crippen MR) is 235 cm³/mol. The topological polar surface area (TPSA) is 234 Å². The smallest absolute Gasteiger partial charge is 0.343 e. The number of hydrogen-bond donors (Lipinski definition) is 3. The van der Waals surface area contributed by atoms with Crippen LogP contribution in [0.2, 0.25) is 0 Å². The van der Waals surface area contributed by atoms with Gasteiger partial charge in [0.25, 0.3) is 0 Å². The molecule has 0 aromatic heterocycles. The number of nitrogen functional groups attached to an aromatic ring is 2. The van der Waals surface area contributed by atoms with Crippen LogP contribution in [0.5, 0.6) is 23.0 Å². The molecule has 63 heavy (non-hydrogen) atoms. The van der Waals surface area contributed by atoms with Crippen molar-refractivity contribution in [2.24, 2.45) is 0 Å². The van der Waals surface area contributed by atoms with E-state index < -0.39 is 23.9 Å². The average Bonchev–Trinajstić information content (AvgIpc) is 3.28. The molecule has 0 atom stereocenters. The van der Waals surface area contributed by atoms with Crippen molar-refractivity contribution in [3.8, 4) is 35.1 Å². The van der Waals surface area contributed by atoms with Crippen molar-refractivity contribution >= 4 is 52.5 Å². The highest BCUT2D eigenvalue weighted by molar-refractivity contribution is 6.25. The maximum absolute atomic E-state index is 12.9. The number of carbonyl (C=O) groups is 4. The fourth-order valence-corrected chi connectivity index (χ4v) is 6.02. The van der Waals surface area contributed by atoms with Crippen LogP contribution in [0.1, 0.15) is 75.9 Å². The SMILES string of the molecule is N#CCCCOc1ccc(C(=O)Oc2ccc(/C=C/C(=O)OCCC/C(=C(\C(=O)O)c3ccc(N)cc3N)c3ccc(OC(=O)c4ccc(OCCCC#N)cc4)cc3)cc2)cc1. The highest BCUT2D eigenvalue weighted by Gasteiger charge is 2.21. The molecular weight excluding hydrogens is 805 g/mol. The lowest BCUT2D eigenvalue weighted by Crippen LogP contribution is -2.09. The van der Waals surface area contributed by atoms with Gasteiger partial charge in [-0.25, -0.2) is 19.2 Å². The molecule has 320 valence electrons. The third-order valence-corrected chi connectivity index (χ3v) is 9.18. The number of nitrogens with zero attached hydrogens (tertiary/aromatic N) is 2. The van der Waals surface area contributed by atoms with Crippen molar-refractivity contribution in [1.29, 1.82) is 10.5 Å². The second kappa shape index (κ2) is 23.4. The number of benzene rings is 5. The highest BCUT2D eigenvalue weighted by Crippen LogP contribution is 2.35. The third kappa shape index (κ3) is 14.1. The zero-order valence-corrected chi connectivity index (χ0v) is 34.2. The van der Waals surface area contributed by atoms with E-state index in [1.165, 1.54) is 18.2 Å². The second-order valence-corrected chi connectivity index (χ2v) is 13.8. The molecule has 0 saturated heterocycles. The zero-order valence-electron chi connectivity index (χ0n) is 34.2. The Hall–Kier alpha value is -8.36. The molecule has 0 unspecified atom stereocenters. The van der Waals surface area contributed by atoms with Crippen molar-refractivity contribution < 1.29 is 48.0 Å². The number of nitrogens with two attached hydrogens (primary N) is 2. The maximum atomic E-state index is 12.9. The van der Waals surface area contributed by atoms with Gasteiger partial charge in [-0.15, -0.1) is 0 Å². The summed E-state index contributed by atoms with van der Waals surface area (Å²) in [5, 5.41) is 27.8. The van der Waals surface area contributed by atoms with E-state index >= 15 is 0 Å². The number of unbranched alkanes of at least 4 members (excludes halogenated alkanes) is 2. The molecule has 0 aliphatic carbocycles. The van der Waals surface area contributed by atoms with Gasteiger partial charge in [-0.3, -0.25) is 0 Å². The average molecular weight is 849 g/mol. The summed E-state index contributed by atoms with van der Waals surface area (Å²) in [6, 6.07) is 34.4. The Bertz CT molecular complexity index is 2520. The second-order valence-electron chi connectivity index (χ2n) is 13.8. The first-order valence-corrected chi connectivity index (χ1v) is 19.9. The summed E-state index contributed by atoms with van der Waals surface area (Å²) in [4.78, 5) is 51.0. The number of hydrogen-bond acceptors (Lipinski definition) is 13. The molecule has 0 radical (unpaired) electrons. The van der Waals surface area contributed by atoms with Gasteiger partial charge in [0.05, 0.1) is 48.7 Å². The molecule has 0 aliphatic heterocycles. The molecule has 5 N–H and O–H groups in total. The molecule has 0 saturated carbocycles. The Morgan fingerprint density at radius 1 is 0.603 bits per heavy atom. The quantitative estimate of drug-likeness (QED) is 0.0157. The van der Waals surface area contributed by atoms with E-state index in [1.54, 1.807) is 109 Å². The summed E-state index contributed by atoms with van der Waals surface area (Å²) in [6.45, 7) is 0.730. The Morgan fingerprint density at radius 2 is 1.10 bits per heavy atom. The van der Waals surface area contributed by atoms with Crippen molar-refractivity contribution in [3.63, 3.8) is 0 Å². The summed E-state index contributed by atoms with van der Waals surface area (Å²) in [5.74, 6) is -1.38. The van der Waals surface area contributed by atoms with E-state index in [-0.39, 0.29) is 47.6 Å². The van der Waals surface area contributed by atoms with E-state index in [9.17, 15) is 24.3 Å². The predicted octanol–water partition coefficient (Wildman–Crippen LogP) is 8.69. The number of rotatable bonds is 21. The standard InChI is InChI=1S/C49H44N4O10/c50-27-1-3-29-59-38-19-12-35(13-20-38)48(57)62-40-17-7-33(8-18-40)9-26-45(54)61-31-5-6-42(46(47(55)56)43-25-16-37(52)32-44(43)53)34-10-23-41(24-11-34)63-49(58)36-14-21-39(22-15-36)60-30-4-2-28-51/h7-26,32H,1-6,29-31,52-53H2,(H,55,56)/b26-9+,46-42+. The number of carbonyl (C=O) groups excluding carboxylic acids is 3. The largest absolute Gasteiger partial charge is 0.494 e. The van der Waals surface area contributed by atoms with Crippen molar-refractivity contribution in [2.75, 3.05) is 31.3 Å². The first-order valence-electron chi connectivity index (χ1n) is 19.9. The van der Waals surface area contributed by atoms with Gasteiger partial charge >= 0.3 is 23.9 Å². The monoisotopic (exact) mass is 848 g/mol. The summed E-state index contributed by atoms with van der Waals surface area (Å²) >= 11 is 0. The van der Waals surface area contributed by atoms with Crippen molar-refractivity contribution in [1.82, 2.24) is 0 Å². The zero-order chi connectivity index (χ0) is 45.0. The Kier molecular flexibility index (Phi) is 17.0. The molecule has 0 aliphatic rings. The van der Waals surface area contributed by atoms with Crippen LogP contribution in [0.3, 0.4) is 0 Å². The van der Waals surface area contributed by atoms with E-state index in [1.807, 2.05) is 0 Å². The van der Waals surface area contributed by atoms with Crippen LogP contribution in [-0.2, 0) is 14.3 Å². The van der Waals surface area contributed by atoms with Crippen LogP contribution < -0.4 is 30.4 Å². The summed E-state index contributed by atoms with van der Waals surface area (Å²) < 4.78 is 27.6. The number of ether oxygens (including phenoxy) is 5. The maximum Gasteiger partial charge on any atom is 0.343 e. The number of nitriles is 2. The van der Waals surface area contributed by atoms with Gasteiger partial charge in [0, 0.05) is 35.9 Å². The molecule has 5 aromatic rings. The number of aliphatic carboxylic acids is 1. The molecule has 5 aromatic carbocycles.